The van der Waals surface area contributed by atoms with Crippen LogP contribution in [0.1, 0.15) is 66.3 Å². The first-order valence-corrected chi connectivity index (χ1v) is 13.6. The van der Waals surface area contributed by atoms with Crippen molar-refractivity contribution >= 4 is 23.0 Å². The number of benzene rings is 1. The van der Waals surface area contributed by atoms with Gasteiger partial charge in [0, 0.05) is 0 Å². The van der Waals surface area contributed by atoms with Gasteiger partial charge in [-0.15, -0.1) is 0 Å². The van der Waals surface area contributed by atoms with Gasteiger partial charge in [-0.3, -0.25) is 4.79 Å². The van der Waals surface area contributed by atoms with E-state index in [1.54, 1.807) is 18.2 Å². The standard InChI is InChI=1S/C26H30F5N7O5/c1-12-20(37-43-36-12)23(39)35-21(13(2)42-14(3)26(29,30)31)22-33-17-7-4-15(8-18(17)34-22)19(9-41-16-5-6-16)38-11-25(27,28)10-32-24(38)40/h4,7-8,13-14,16,19,21H,5-6,9-11H2,1-3H3,(H,32,40)(H,33,34)(H,35,39)/t13-,14+,19-,21?/m1/s1. The Morgan fingerprint density at radius 1 is 1.26 bits per heavy atom. The molecule has 43 heavy (non-hydrogen) atoms. The third-order valence-electron chi connectivity index (χ3n) is 7.26. The molecular weight excluding hydrogens is 585 g/mol. The lowest BCUT2D eigenvalue weighted by atomic mass is 10.0. The highest BCUT2D eigenvalue weighted by molar-refractivity contribution is 5.93. The number of rotatable bonds is 11. The zero-order chi connectivity index (χ0) is 31.1. The molecule has 3 heterocycles. The van der Waals surface area contributed by atoms with Crippen LogP contribution in [0.15, 0.2) is 22.8 Å². The highest BCUT2D eigenvalue weighted by atomic mass is 19.4. The number of carbonyl (C=O) groups excluding carboxylic acids is 2. The van der Waals surface area contributed by atoms with Crippen LogP contribution < -0.4 is 10.6 Å². The van der Waals surface area contributed by atoms with Crippen molar-refractivity contribution in [3.63, 3.8) is 0 Å². The third-order valence-corrected chi connectivity index (χ3v) is 7.26. The molecule has 1 unspecified atom stereocenters. The molecule has 17 heteroatoms. The Morgan fingerprint density at radius 3 is 2.65 bits per heavy atom. The molecule has 1 saturated carbocycles. The smallest absolute Gasteiger partial charge is 0.376 e. The summed E-state index contributed by atoms with van der Waals surface area (Å²) < 4.78 is 84.0. The molecular formula is C26H30F5N7O5. The molecule has 2 aromatic heterocycles. The van der Waals surface area contributed by atoms with E-state index in [1.165, 1.54) is 13.8 Å². The molecule has 0 bridgehead atoms. The second-order valence-corrected chi connectivity index (χ2v) is 10.8. The lowest BCUT2D eigenvalue weighted by molar-refractivity contribution is -0.227. The number of imidazole rings is 1. The summed E-state index contributed by atoms with van der Waals surface area (Å²) >= 11 is 0. The molecule has 1 saturated heterocycles. The zero-order valence-electron chi connectivity index (χ0n) is 23.4. The van der Waals surface area contributed by atoms with Crippen LogP contribution in [-0.2, 0) is 9.47 Å². The van der Waals surface area contributed by atoms with Gasteiger partial charge in [0.05, 0.1) is 49.0 Å². The number of fused-ring (bicyclic) bond motifs is 1. The van der Waals surface area contributed by atoms with E-state index in [-0.39, 0.29) is 29.9 Å². The second kappa shape index (κ2) is 11.7. The molecule has 3 amide bonds. The molecule has 0 spiro atoms. The number of nitrogens with zero attached hydrogens (tertiary/aromatic N) is 4. The van der Waals surface area contributed by atoms with E-state index in [4.69, 9.17) is 9.47 Å². The van der Waals surface area contributed by atoms with E-state index in [2.05, 4.69) is 35.5 Å². The first-order valence-electron chi connectivity index (χ1n) is 13.6. The number of aromatic nitrogens is 4. The fraction of sp³-hybridized carbons (Fsp3) is 0.577. The Kier molecular flexibility index (Phi) is 8.30. The third kappa shape index (κ3) is 7.04. The Bertz CT molecular complexity index is 1470. The van der Waals surface area contributed by atoms with Crippen molar-refractivity contribution in [2.24, 2.45) is 0 Å². The summed E-state index contributed by atoms with van der Waals surface area (Å²) in [4.78, 5) is 34.0. The molecule has 4 atom stereocenters. The van der Waals surface area contributed by atoms with Gasteiger partial charge in [-0.05, 0) is 56.5 Å². The number of aryl methyl sites for hydroxylation is 1. The topological polar surface area (TPSA) is 147 Å². The lowest BCUT2D eigenvalue weighted by Crippen LogP contribution is -2.58. The zero-order valence-corrected chi connectivity index (χ0v) is 23.4. The first-order chi connectivity index (χ1) is 20.2. The van der Waals surface area contributed by atoms with Gasteiger partial charge >= 0.3 is 12.2 Å². The predicted octanol–water partition coefficient (Wildman–Crippen LogP) is 3.96. The molecule has 3 N–H and O–H groups in total. The van der Waals surface area contributed by atoms with E-state index in [9.17, 15) is 31.5 Å². The quantitative estimate of drug-likeness (QED) is 0.275. The van der Waals surface area contributed by atoms with Gasteiger partial charge in [0.1, 0.15) is 17.6 Å². The molecule has 3 aromatic rings. The van der Waals surface area contributed by atoms with Gasteiger partial charge in [0.25, 0.3) is 11.8 Å². The number of carbonyl (C=O) groups is 2. The van der Waals surface area contributed by atoms with Gasteiger partial charge in [-0.2, -0.15) is 13.2 Å². The Labute approximate surface area is 241 Å². The number of hydrogen-bond donors (Lipinski definition) is 3. The normalized spacial score (nSPS) is 20.0. The minimum atomic E-state index is -4.66. The van der Waals surface area contributed by atoms with Crippen molar-refractivity contribution in [3.8, 4) is 0 Å². The average molecular weight is 616 g/mol. The molecule has 1 aromatic carbocycles. The van der Waals surface area contributed by atoms with Crippen LogP contribution in [0.3, 0.4) is 0 Å². The molecule has 0 radical (unpaired) electrons. The number of halogens is 5. The van der Waals surface area contributed by atoms with Gasteiger partial charge in [0.2, 0.25) is 0 Å². The van der Waals surface area contributed by atoms with Gasteiger partial charge in [0.15, 0.2) is 11.8 Å². The molecule has 2 fully saturated rings. The number of hydrogen-bond acceptors (Lipinski definition) is 8. The number of H-pyrrole nitrogens is 1. The van der Waals surface area contributed by atoms with Gasteiger partial charge in [-0.25, -0.2) is 23.2 Å². The molecule has 5 rings (SSSR count). The van der Waals surface area contributed by atoms with Crippen molar-refractivity contribution in [1.82, 2.24) is 35.8 Å². The average Bonchev–Trinajstić information content (AvgIpc) is 3.50. The minimum absolute atomic E-state index is 0.00755. The van der Waals surface area contributed by atoms with E-state index in [1.807, 2.05) is 0 Å². The SMILES string of the molecule is Cc1nonc1C(=O)NC(c1nc2ccc([C@@H](COC3CC3)N3CC(F)(F)CNC3=O)cc2[nH]1)[C@@H](C)O[C@@H](C)C(F)(F)F. The minimum Gasteiger partial charge on any atom is -0.376 e. The van der Waals surface area contributed by atoms with Crippen molar-refractivity contribution < 1.29 is 45.6 Å². The monoisotopic (exact) mass is 615 g/mol. The number of nitrogens with one attached hydrogen (secondary N) is 3. The van der Waals surface area contributed by atoms with E-state index >= 15 is 0 Å². The molecule has 12 nitrogen and oxygen atoms in total. The Morgan fingerprint density at radius 2 is 2.00 bits per heavy atom. The van der Waals surface area contributed by atoms with E-state index in [0.29, 0.717) is 16.6 Å². The van der Waals surface area contributed by atoms with Crippen LogP contribution >= 0.6 is 0 Å². The molecule has 2 aliphatic rings. The number of amides is 3. The van der Waals surface area contributed by atoms with Crippen LogP contribution in [0, 0.1) is 6.92 Å². The molecule has 1 aliphatic heterocycles. The maximum atomic E-state index is 14.3. The van der Waals surface area contributed by atoms with Crippen LogP contribution in [0.25, 0.3) is 11.0 Å². The molecule has 1 aliphatic carbocycles. The van der Waals surface area contributed by atoms with Crippen molar-refractivity contribution in [2.45, 2.75) is 76.1 Å². The maximum Gasteiger partial charge on any atom is 0.414 e. The summed E-state index contributed by atoms with van der Waals surface area (Å²) in [5.41, 5.74) is 1.20. The van der Waals surface area contributed by atoms with Crippen LogP contribution in [0.5, 0.6) is 0 Å². The molecule has 234 valence electrons. The van der Waals surface area contributed by atoms with Gasteiger partial charge in [-0.1, -0.05) is 11.2 Å². The van der Waals surface area contributed by atoms with Gasteiger partial charge < -0.3 is 30.0 Å². The number of alkyl halides is 5. The Balaban J connectivity index is 1.46. The van der Waals surface area contributed by atoms with Crippen LogP contribution in [0.2, 0.25) is 0 Å². The summed E-state index contributed by atoms with van der Waals surface area (Å²) in [6.45, 7) is 2.06. The fourth-order valence-corrected chi connectivity index (χ4v) is 4.70. The Hall–Kier alpha value is -3.86. The summed E-state index contributed by atoms with van der Waals surface area (Å²) in [5, 5.41) is 11.9. The summed E-state index contributed by atoms with van der Waals surface area (Å²) in [6.07, 6.45) is -6.39. The number of aromatic amines is 1. The number of urea groups is 1. The van der Waals surface area contributed by atoms with E-state index in [0.717, 1.165) is 24.7 Å². The van der Waals surface area contributed by atoms with Crippen LogP contribution in [0.4, 0.5) is 26.7 Å². The maximum absolute atomic E-state index is 14.3. The summed E-state index contributed by atoms with van der Waals surface area (Å²) in [6, 6.07) is 2.04. The summed E-state index contributed by atoms with van der Waals surface area (Å²) in [7, 11) is 0. The second-order valence-electron chi connectivity index (χ2n) is 10.8. The lowest BCUT2D eigenvalue weighted by Gasteiger charge is -2.38. The summed E-state index contributed by atoms with van der Waals surface area (Å²) in [5.74, 6) is -3.87. The van der Waals surface area contributed by atoms with Crippen molar-refractivity contribution in [1.29, 1.82) is 0 Å². The first kappa shape index (κ1) is 30.6. The predicted molar refractivity (Wildman–Crippen MR) is 138 cm³/mol. The van der Waals surface area contributed by atoms with Crippen molar-refractivity contribution in [3.05, 3.63) is 41.0 Å². The van der Waals surface area contributed by atoms with E-state index < -0.39 is 61.4 Å². The largest absolute Gasteiger partial charge is 0.414 e. The van der Waals surface area contributed by atoms with Crippen molar-refractivity contribution in [2.75, 3.05) is 19.7 Å². The highest BCUT2D eigenvalue weighted by Gasteiger charge is 2.43. The fourth-order valence-electron chi connectivity index (χ4n) is 4.70. The highest BCUT2D eigenvalue weighted by Crippen LogP contribution is 2.33. The number of ether oxygens (including phenoxy) is 2. The van der Waals surface area contributed by atoms with Crippen LogP contribution in [-0.4, -0.2) is 87.2 Å².